The zero-order valence-corrected chi connectivity index (χ0v) is 11.9. The molecule has 3 N–H and O–H groups in total. The van der Waals surface area contributed by atoms with Crippen molar-refractivity contribution in [2.24, 2.45) is 11.8 Å². The Morgan fingerprint density at radius 1 is 1.14 bits per heavy atom. The number of nitrogens with one attached hydrogen (secondary N) is 3. The van der Waals surface area contributed by atoms with Crippen molar-refractivity contribution in [3.05, 3.63) is 30.5 Å². The van der Waals surface area contributed by atoms with Crippen molar-refractivity contribution >= 4 is 16.6 Å². The Hall–Kier alpha value is -1.56. The molecule has 3 saturated carbocycles. The number of nitrogens with zero attached hydrogens (tertiary/aromatic N) is 1. The van der Waals surface area contributed by atoms with Crippen LogP contribution in [-0.2, 0) is 4.84 Å². The number of anilines is 1. The summed E-state index contributed by atoms with van der Waals surface area (Å²) in [5, 5.41) is 3.16. The molecule has 5 heteroatoms. The van der Waals surface area contributed by atoms with Crippen molar-refractivity contribution in [1.29, 1.82) is 0 Å². The summed E-state index contributed by atoms with van der Waals surface area (Å²) in [5.41, 5.74) is 8.69. The average Bonchev–Trinajstić information content (AvgIpc) is 3.15. The van der Waals surface area contributed by atoms with E-state index < -0.39 is 0 Å². The molecular weight excluding hydrogens is 264 g/mol. The van der Waals surface area contributed by atoms with Gasteiger partial charge < -0.3 is 4.98 Å². The number of H-pyrrole nitrogens is 1. The molecule has 5 nitrogen and oxygen atoms in total. The van der Waals surface area contributed by atoms with Crippen LogP contribution in [0.4, 0.5) is 5.69 Å². The van der Waals surface area contributed by atoms with Crippen LogP contribution >= 0.6 is 0 Å². The molecule has 1 aromatic heterocycles. The zero-order chi connectivity index (χ0) is 13.9. The number of hydrazine groups is 2. The van der Waals surface area contributed by atoms with E-state index in [4.69, 9.17) is 4.84 Å². The third-order valence-corrected chi connectivity index (χ3v) is 5.52. The van der Waals surface area contributed by atoms with E-state index in [1.165, 1.54) is 31.1 Å². The first-order valence-corrected chi connectivity index (χ1v) is 7.91. The summed E-state index contributed by atoms with van der Waals surface area (Å²) in [7, 11) is 0. The molecule has 2 heterocycles. The van der Waals surface area contributed by atoms with Crippen LogP contribution < -0.4 is 16.1 Å². The van der Waals surface area contributed by atoms with Gasteiger partial charge in [0.05, 0.1) is 5.69 Å². The number of hydrogen-bond acceptors (Lipinski definition) is 4. The highest BCUT2D eigenvalue weighted by Gasteiger charge is 2.53. The molecule has 2 aromatic rings. The van der Waals surface area contributed by atoms with Crippen molar-refractivity contribution in [3.63, 3.8) is 0 Å². The summed E-state index contributed by atoms with van der Waals surface area (Å²) in [5.74, 6) is 1.43. The number of benzene rings is 1. The quantitative estimate of drug-likeness (QED) is 0.754. The van der Waals surface area contributed by atoms with E-state index in [-0.39, 0.29) is 5.72 Å². The van der Waals surface area contributed by atoms with Crippen LogP contribution in [0.25, 0.3) is 10.9 Å². The lowest BCUT2D eigenvalue weighted by Gasteiger charge is -2.47. The fourth-order valence-corrected chi connectivity index (χ4v) is 4.34. The number of aromatic amines is 1. The van der Waals surface area contributed by atoms with Gasteiger partial charge in [0.1, 0.15) is 0 Å². The maximum atomic E-state index is 6.03. The van der Waals surface area contributed by atoms with Gasteiger partial charge in [0, 0.05) is 17.6 Å². The molecule has 4 aliphatic rings. The standard InChI is InChI=1S/C16H20N4O/c1-4-13-5-2-11(1)10-16(13)18-20(19-21-16)14-6-3-12-7-8-17-15(12)9-14/h3,6-9,11,13,17-19H,1-2,4-5,10H2. The average molecular weight is 284 g/mol. The normalized spacial score (nSPS) is 35.1. The molecule has 1 spiro atoms. The Morgan fingerprint density at radius 3 is 2.86 bits per heavy atom. The van der Waals surface area contributed by atoms with E-state index in [1.807, 2.05) is 11.3 Å². The van der Waals surface area contributed by atoms with E-state index in [2.05, 4.69) is 40.3 Å². The maximum absolute atomic E-state index is 6.03. The SMILES string of the molecule is c1cc2ccc(N3NOC4(CC5CCC4CC5)N3)cc2[nH]1. The fraction of sp³-hybridized carbons (Fsp3) is 0.500. The van der Waals surface area contributed by atoms with Crippen molar-refractivity contribution in [1.82, 2.24) is 16.0 Å². The smallest absolute Gasteiger partial charge is 0.163 e. The van der Waals surface area contributed by atoms with Gasteiger partial charge in [-0.3, -0.25) is 4.84 Å². The molecule has 6 rings (SSSR count). The largest absolute Gasteiger partial charge is 0.361 e. The summed E-state index contributed by atoms with van der Waals surface area (Å²) in [6, 6.07) is 8.46. The Kier molecular flexibility index (Phi) is 2.42. The summed E-state index contributed by atoms with van der Waals surface area (Å²) < 4.78 is 0. The second-order valence-corrected chi connectivity index (χ2v) is 6.70. The summed E-state index contributed by atoms with van der Waals surface area (Å²) in [6.45, 7) is 0. The molecule has 1 unspecified atom stereocenters. The van der Waals surface area contributed by atoms with Crippen molar-refractivity contribution in [3.8, 4) is 0 Å². The fourth-order valence-electron chi connectivity index (χ4n) is 4.34. The lowest BCUT2D eigenvalue weighted by Crippen LogP contribution is -2.57. The highest BCUT2D eigenvalue weighted by molar-refractivity contribution is 5.82. The summed E-state index contributed by atoms with van der Waals surface area (Å²) >= 11 is 0. The minimum atomic E-state index is -0.203. The molecule has 4 fully saturated rings. The maximum Gasteiger partial charge on any atom is 0.163 e. The predicted octanol–water partition coefficient (Wildman–Crippen LogP) is 2.84. The highest BCUT2D eigenvalue weighted by Crippen LogP contribution is 2.49. The zero-order valence-electron chi connectivity index (χ0n) is 11.9. The molecular formula is C16H20N4O. The predicted molar refractivity (Wildman–Crippen MR) is 80.9 cm³/mol. The lowest BCUT2D eigenvalue weighted by molar-refractivity contribution is -0.153. The molecule has 21 heavy (non-hydrogen) atoms. The van der Waals surface area contributed by atoms with E-state index in [0.29, 0.717) is 5.92 Å². The Morgan fingerprint density at radius 2 is 2.05 bits per heavy atom. The Balaban J connectivity index is 1.44. The van der Waals surface area contributed by atoms with Gasteiger partial charge >= 0.3 is 0 Å². The lowest BCUT2D eigenvalue weighted by atomic mass is 9.66. The van der Waals surface area contributed by atoms with Gasteiger partial charge in [-0.15, -0.1) is 0 Å². The van der Waals surface area contributed by atoms with Crippen LogP contribution in [0.2, 0.25) is 0 Å². The van der Waals surface area contributed by atoms with Crippen LogP contribution in [0.15, 0.2) is 30.5 Å². The minimum Gasteiger partial charge on any atom is -0.361 e. The van der Waals surface area contributed by atoms with Gasteiger partial charge in [-0.05, 0) is 61.6 Å². The van der Waals surface area contributed by atoms with Gasteiger partial charge in [0.15, 0.2) is 5.72 Å². The van der Waals surface area contributed by atoms with Gasteiger partial charge in [-0.25, -0.2) is 5.12 Å². The second-order valence-electron chi connectivity index (χ2n) is 6.70. The molecule has 2 bridgehead atoms. The van der Waals surface area contributed by atoms with Crippen molar-refractivity contribution < 1.29 is 4.84 Å². The van der Waals surface area contributed by atoms with Gasteiger partial charge in [-0.2, -0.15) is 5.43 Å². The molecule has 0 radical (unpaired) electrons. The minimum absolute atomic E-state index is 0.203. The van der Waals surface area contributed by atoms with Crippen molar-refractivity contribution in [2.75, 3.05) is 5.12 Å². The molecule has 1 aromatic carbocycles. The molecule has 1 atom stereocenters. The van der Waals surface area contributed by atoms with Crippen LogP contribution in [0.3, 0.4) is 0 Å². The van der Waals surface area contributed by atoms with Crippen LogP contribution in [0, 0.1) is 11.8 Å². The summed E-state index contributed by atoms with van der Waals surface area (Å²) in [6.07, 6.45) is 8.38. The van der Waals surface area contributed by atoms with E-state index in [9.17, 15) is 0 Å². The highest BCUT2D eigenvalue weighted by atomic mass is 16.7. The number of fused-ring (bicyclic) bond motifs is 3. The third-order valence-electron chi connectivity index (χ3n) is 5.52. The van der Waals surface area contributed by atoms with E-state index in [1.54, 1.807) is 0 Å². The monoisotopic (exact) mass is 284 g/mol. The Bertz CT molecular complexity index is 676. The van der Waals surface area contributed by atoms with Crippen molar-refractivity contribution in [2.45, 2.75) is 37.8 Å². The Labute approximate surface area is 123 Å². The molecule has 3 aliphatic carbocycles. The molecule has 0 amide bonds. The summed E-state index contributed by atoms with van der Waals surface area (Å²) in [4.78, 5) is 9.29. The number of aromatic nitrogens is 1. The third kappa shape index (κ3) is 1.75. The molecule has 110 valence electrons. The first kappa shape index (κ1) is 12.0. The van der Waals surface area contributed by atoms with Crippen LogP contribution in [-0.4, -0.2) is 10.7 Å². The van der Waals surface area contributed by atoms with Crippen LogP contribution in [0.5, 0.6) is 0 Å². The first-order chi connectivity index (χ1) is 10.3. The van der Waals surface area contributed by atoms with E-state index >= 15 is 0 Å². The van der Waals surface area contributed by atoms with Gasteiger partial charge in [0.25, 0.3) is 0 Å². The van der Waals surface area contributed by atoms with Crippen LogP contribution in [0.1, 0.15) is 32.1 Å². The second kappa shape index (κ2) is 4.22. The van der Waals surface area contributed by atoms with Gasteiger partial charge in [-0.1, -0.05) is 11.7 Å². The first-order valence-electron chi connectivity index (χ1n) is 7.91. The van der Waals surface area contributed by atoms with E-state index in [0.717, 1.165) is 23.5 Å². The number of rotatable bonds is 1. The topological polar surface area (TPSA) is 52.3 Å². The van der Waals surface area contributed by atoms with Gasteiger partial charge in [0.2, 0.25) is 0 Å². The molecule has 1 saturated heterocycles. The number of hydrogen-bond donors (Lipinski definition) is 3. The molecule has 1 aliphatic heterocycles.